The number of thiophene rings is 1. The van der Waals surface area contributed by atoms with E-state index in [9.17, 15) is 9.59 Å². The Morgan fingerprint density at radius 3 is 2.83 bits per heavy atom. The number of hydrogen-bond acceptors (Lipinski definition) is 4. The number of Topliss-reactive ketones (excluding diaryl/α,β-unsaturated/α-hetero) is 1. The highest BCUT2D eigenvalue weighted by molar-refractivity contribution is 7.12. The fraction of sp³-hybridized carbons (Fsp3) is 0.250. The fourth-order valence-corrected chi connectivity index (χ4v) is 2.17. The van der Waals surface area contributed by atoms with Gasteiger partial charge in [-0.1, -0.05) is 6.07 Å². The Morgan fingerprint density at radius 2 is 2.22 bits per heavy atom. The number of aromatic nitrogens is 2. The van der Waals surface area contributed by atoms with Crippen LogP contribution in [0.25, 0.3) is 0 Å². The molecule has 0 spiro atoms. The van der Waals surface area contributed by atoms with Gasteiger partial charge in [0.2, 0.25) is 5.91 Å². The van der Waals surface area contributed by atoms with Crippen molar-refractivity contribution < 1.29 is 9.59 Å². The van der Waals surface area contributed by atoms with E-state index in [1.54, 1.807) is 30.1 Å². The van der Waals surface area contributed by atoms with Gasteiger partial charge < -0.3 is 5.32 Å². The zero-order valence-electron chi connectivity index (χ0n) is 9.92. The number of ketones is 1. The molecule has 6 heteroatoms. The van der Waals surface area contributed by atoms with E-state index >= 15 is 0 Å². The Kier molecular flexibility index (Phi) is 3.88. The Labute approximate surface area is 108 Å². The number of anilines is 1. The first-order valence-corrected chi connectivity index (χ1v) is 6.39. The number of rotatable bonds is 5. The SMILES string of the molecule is Cn1ccc(NC(=O)CCC(=O)c2cccs2)n1. The van der Waals surface area contributed by atoms with Crippen molar-refractivity contribution in [2.45, 2.75) is 12.8 Å². The minimum absolute atomic E-state index is 0.00108. The number of carbonyl (C=O) groups is 2. The number of aryl methyl sites for hydroxylation is 1. The third-order valence-corrected chi connectivity index (χ3v) is 3.27. The minimum Gasteiger partial charge on any atom is -0.309 e. The lowest BCUT2D eigenvalue weighted by molar-refractivity contribution is -0.116. The van der Waals surface area contributed by atoms with Crippen molar-refractivity contribution in [3.05, 3.63) is 34.7 Å². The van der Waals surface area contributed by atoms with E-state index in [0.717, 1.165) is 0 Å². The maximum absolute atomic E-state index is 11.7. The molecule has 0 saturated carbocycles. The van der Waals surface area contributed by atoms with Crippen molar-refractivity contribution in [2.75, 3.05) is 5.32 Å². The van der Waals surface area contributed by atoms with E-state index in [4.69, 9.17) is 0 Å². The molecule has 0 aliphatic rings. The molecule has 1 N–H and O–H groups in total. The van der Waals surface area contributed by atoms with Gasteiger partial charge in [0, 0.05) is 32.2 Å². The van der Waals surface area contributed by atoms with E-state index in [-0.39, 0.29) is 24.5 Å². The van der Waals surface area contributed by atoms with E-state index in [1.807, 2.05) is 11.4 Å². The third-order valence-electron chi connectivity index (χ3n) is 2.36. The highest BCUT2D eigenvalue weighted by atomic mass is 32.1. The number of amides is 1. The number of hydrogen-bond donors (Lipinski definition) is 1. The zero-order valence-corrected chi connectivity index (χ0v) is 10.7. The lowest BCUT2D eigenvalue weighted by Crippen LogP contribution is -2.13. The van der Waals surface area contributed by atoms with Crippen LogP contribution in [0.1, 0.15) is 22.5 Å². The second kappa shape index (κ2) is 5.59. The van der Waals surface area contributed by atoms with Crippen LogP contribution >= 0.6 is 11.3 Å². The summed E-state index contributed by atoms with van der Waals surface area (Å²) in [6.45, 7) is 0. The molecule has 18 heavy (non-hydrogen) atoms. The first-order valence-electron chi connectivity index (χ1n) is 5.51. The number of nitrogens with zero attached hydrogens (tertiary/aromatic N) is 2. The Hall–Kier alpha value is -1.95. The first-order chi connectivity index (χ1) is 8.65. The molecule has 1 amide bonds. The summed E-state index contributed by atoms with van der Waals surface area (Å²) < 4.78 is 1.60. The molecule has 0 bridgehead atoms. The summed E-state index contributed by atoms with van der Waals surface area (Å²) in [4.78, 5) is 24.0. The lowest BCUT2D eigenvalue weighted by Gasteiger charge is -2.00. The molecule has 0 aliphatic heterocycles. The Morgan fingerprint density at radius 1 is 1.39 bits per heavy atom. The normalized spacial score (nSPS) is 10.3. The van der Waals surface area contributed by atoms with E-state index in [2.05, 4.69) is 10.4 Å². The van der Waals surface area contributed by atoms with Crippen LogP contribution in [-0.4, -0.2) is 21.5 Å². The van der Waals surface area contributed by atoms with Crippen LogP contribution < -0.4 is 5.32 Å². The topological polar surface area (TPSA) is 64.0 Å². The summed E-state index contributed by atoms with van der Waals surface area (Å²) >= 11 is 1.39. The molecule has 2 aromatic heterocycles. The van der Waals surface area contributed by atoms with Gasteiger partial charge in [-0.25, -0.2) is 0 Å². The highest BCUT2D eigenvalue weighted by Crippen LogP contribution is 2.12. The van der Waals surface area contributed by atoms with Crippen molar-refractivity contribution in [3.8, 4) is 0 Å². The zero-order chi connectivity index (χ0) is 13.0. The molecule has 2 rings (SSSR count). The molecule has 0 fully saturated rings. The number of nitrogens with one attached hydrogen (secondary N) is 1. The fourth-order valence-electron chi connectivity index (χ4n) is 1.47. The van der Waals surface area contributed by atoms with Crippen molar-refractivity contribution in [1.82, 2.24) is 9.78 Å². The van der Waals surface area contributed by atoms with Gasteiger partial charge in [0.1, 0.15) is 0 Å². The van der Waals surface area contributed by atoms with Gasteiger partial charge in [0.25, 0.3) is 0 Å². The van der Waals surface area contributed by atoms with Crippen LogP contribution in [0.2, 0.25) is 0 Å². The molecule has 94 valence electrons. The van der Waals surface area contributed by atoms with Gasteiger partial charge in [-0.05, 0) is 11.4 Å². The average molecular weight is 263 g/mol. The van der Waals surface area contributed by atoms with Crippen molar-refractivity contribution in [3.63, 3.8) is 0 Å². The monoisotopic (exact) mass is 263 g/mol. The quantitative estimate of drug-likeness (QED) is 0.840. The van der Waals surface area contributed by atoms with Crippen molar-refractivity contribution in [1.29, 1.82) is 0 Å². The first kappa shape index (κ1) is 12.5. The Bertz CT molecular complexity index is 545. The van der Waals surface area contributed by atoms with Crippen LogP contribution in [0, 0.1) is 0 Å². The maximum Gasteiger partial charge on any atom is 0.226 e. The van der Waals surface area contributed by atoms with Crippen LogP contribution in [0.4, 0.5) is 5.82 Å². The van der Waals surface area contributed by atoms with E-state index in [1.165, 1.54) is 11.3 Å². The predicted octanol–water partition coefficient (Wildman–Crippen LogP) is 2.08. The summed E-state index contributed by atoms with van der Waals surface area (Å²) in [6.07, 6.45) is 2.14. The highest BCUT2D eigenvalue weighted by Gasteiger charge is 2.10. The van der Waals surface area contributed by atoms with E-state index < -0.39 is 0 Å². The van der Waals surface area contributed by atoms with Gasteiger partial charge in [-0.2, -0.15) is 5.10 Å². The molecule has 5 nitrogen and oxygen atoms in total. The van der Waals surface area contributed by atoms with E-state index in [0.29, 0.717) is 10.7 Å². The molecule has 0 saturated heterocycles. The molecular weight excluding hydrogens is 250 g/mol. The van der Waals surface area contributed by atoms with Crippen LogP contribution in [0.5, 0.6) is 0 Å². The molecule has 2 aromatic rings. The summed E-state index contributed by atoms with van der Waals surface area (Å²) in [7, 11) is 1.77. The summed E-state index contributed by atoms with van der Waals surface area (Å²) in [6, 6.07) is 5.30. The van der Waals surface area contributed by atoms with Gasteiger partial charge in [0.15, 0.2) is 11.6 Å². The van der Waals surface area contributed by atoms with Crippen LogP contribution in [-0.2, 0) is 11.8 Å². The molecule has 2 heterocycles. The Balaban J connectivity index is 1.80. The smallest absolute Gasteiger partial charge is 0.226 e. The summed E-state index contributed by atoms with van der Waals surface area (Å²) in [5.74, 6) is 0.311. The van der Waals surface area contributed by atoms with Gasteiger partial charge in [0.05, 0.1) is 4.88 Å². The largest absolute Gasteiger partial charge is 0.309 e. The van der Waals surface area contributed by atoms with Crippen molar-refractivity contribution >= 4 is 28.8 Å². The van der Waals surface area contributed by atoms with Crippen LogP contribution in [0.15, 0.2) is 29.8 Å². The molecule has 0 unspecified atom stereocenters. The van der Waals surface area contributed by atoms with Gasteiger partial charge in [-0.3, -0.25) is 14.3 Å². The molecular formula is C12H13N3O2S. The maximum atomic E-state index is 11.7. The molecule has 0 aliphatic carbocycles. The lowest BCUT2D eigenvalue weighted by atomic mass is 10.2. The van der Waals surface area contributed by atoms with Crippen molar-refractivity contribution in [2.24, 2.45) is 7.05 Å². The second-order valence-electron chi connectivity index (χ2n) is 3.82. The van der Waals surface area contributed by atoms with Crippen LogP contribution in [0.3, 0.4) is 0 Å². The molecule has 0 atom stereocenters. The summed E-state index contributed by atoms with van der Waals surface area (Å²) in [5.41, 5.74) is 0. The summed E-state index contributed by atoms with van der Waals surface area (Å²) in [5, 5.41) is 8.52. The average Bonchev–Trinajstić information content (AvgIpc) is 2.97. The predicted molar refractivity (Wildman–Crippen MR) is 69.7 cm³/mol. The third kappa shape index (κ3) is 3.27. The minimum atomic E-state index is -0.196. The molecule has 0 radical (unpaired) electrons. The van der Waals surface area contributed by atoms with Gasteiger partial charge >= 0.3 is 0 Å². The molecule has 0 aromatic carbocycles. The van der Waals surface area contributed by atoms with Gasteiger partial charge in [-0.15, -0.1) is 11.3 Å². The second-order valence-corrected chi connectivity index (χ2v) is 4.77. The standard InChI is InChI=1S/C12H13N3O2S/c1-15-7-6-11(14-15)13-12(17)5-4-9(16)10-3-2-8-18-10/h2-3,6-8H,4-5H2,1H3,(H,13,14,17). The number of carbonyl (C=O) groups excluding carboxylic acids is 2.